The third-order valence-electron chi connectivity index (χ3n) is 5.24. The molecule has 32 heavy (non-hydrogen) atoms. The molecule has 1 aliphatic heterocycles. The maximum absolute atomic E-state index is 12.1. The predicted molar refractivity (Wildman–Crippen MR) is 123 cm³/mol. The summed E-state index contributed by atoms with van der Waals surface area (Å²) < 4.78 is 2.18. The Kier molecular flexibility index (Phi) is 7.83. The van der Waals surface area contributed by atoms with E-state index < -0.39 is 0 Å². The predicted octanol–water partition coefficient (Wildman–Crippen LogP) is 2.95. The van der Waals surface area contributed by atoms with E-state index in [-0.39, 0.29) is 17.6 Å². The lowest BCUT2D eigenvalue weighted by Gasteiger charge is -2.29. The molecule has 1 aliphatic rings. The fourth-order valence-corrected chi connectivity index (χ4v) is 3.60. The Morgan fingerprint density at radius 1 is 1.09 bits per heavy atom. The minimum absolute atomic E-state index is 0.0100. The first kappa shape index (κ1) is 23.3. The van der Waals surface area contributed by atoms with Crippen molar-refractivity contribution in [3.63, 3.8) is 0 Å². The van der Waals surface area contributed by atoms with Crippen LogP contribution in [-0.2, 0) is 24.4 Å². The van der Waals surface area contributed by atoms with Gasteiger partial charge in [0.25, 0.3) is 0 Å². The summed E-state index contributed by atoms with van der Waals surface area (Å²) in [5.74, 6) is 1.10. The standard InChI is InChI=1S/C19H19N5O.C5H11NO/c1-14(25)18-17-12-23(11-15-9-20-13-21-10-15)7-8-24(17)19(22-18)16-5-3-2-4-6-16;1-4(2)5(7)6-3/h2-6,9-10,13H,7-8,11-12H2,1H3;4H,1-3H3,(H,6,7). The summed E-state index contributed by atoms with van der Waals surface area (Å²) in [6.07, 6.45) is 5.20. The maximum Gasteiger partial charge on any atom is 0.222 e. The summed E-state index contributed by atoms with van der Waals surface area (Å²) in [7, 11) is 1.64. The molecule has 4 rings (SSSR count). The zero-order valence-corrected chi connectivity index (χ0v) is 19.1. The van der Waals surface area contributed by atoms with Crippen molar-refractivity contribution in [3.05, 3.63) is 66.0 Å². The van der Waals surface area contributed by atoms with Crippen molar-refractivity contribution in [2.24, 2.45) is 5.92 Å². The molecule has 1 amide bonds. The van der Waals surface area contributed by atoms with Gasteiger partial charge < -0.3 is 9.88 Å². The Bertz CT molecular complexity index is 1050. The Morgan fingerprint density at radius 2 is 1.78 bits per heavy atom. The fourth-order valence-electron chi connectivity index (χ4n) is 3.60. The van der Waals surface area contributed by atoms with Crippen LogP contribution in [0, 0.1) is 5.92 Å². The van der Waals surface area contributed by atoms with E-state index in [4.69, 9.17) is 0 Å². The highest BCUT2D eigenvalue weighted by atomic mass is 16.1. The first-order chi connectivity index (χ1) is 15.4. The number of imidazole rings is 1. The van der Waals surface area contributed by atoms with E-state index in [0.29, 0.717) is 12.2 Å². The smallest absolute Gasteiger partial charge is 0.222 e. The van der Waals surface area contributed by atoms with Gasteiger partial charge in [-0.05, 0) is 0 Å². The number of ketones is 1. The molecule has 0 saturated heterocycles. The van der Waals surface area contributed by atoms with E-state index in [1.54, 1.807) is 14.0 Å². The third kappa shape index (κ3) is 5.64. The molecule has 0 atom stereocenters. The minimum atomic E-state index is 0.0100. The SMILES string of the molecule is CC(=O)c1nc(-c2ccccc2)n2c1CN(Cc1cncnc1)CC2.CNC(=O)C(C)C. The van der Waals surface area contributed by atoms with Gasteiger partial charge in [-0.25, -0.2) is 15.0 Å². The maximum atomic E-state index is 12.1. The highest BCUT2D eigenvalue weighted by Crippen LogP contribution is 2.27. The second kappa shape index (κ2) is 10.8. The Balaban J connectivity index is 0.000000360. The fraction of sp³-hybridized carbons (Fsp3) is 0.375. The van der Waals surface area contributed by atoms with Crippen LogP contribution >= 0.6 is 0 Å². The van der Waals surface area contributed by atoms with Gasteiger partial charge in [0.05, 0.1) is 5.69 Å². The lowest BCUT2D eigenvalue weighted by molar-refractivity contribution is -0.123. The van der Waals surface area contributed by atoms with Crippen molar-refractivity contribution in [1.82, 2.24) is 29.7 Å². The summed E-state index contributed by atoms with van der Waals surface area (Å²) in [5.41, 5.74) is 3.69. The molecule has 8 heteroatoms. The average molecular weight is 435 g/mol. The zero-order chi connectivity index (χ0) is 23.1. The molecule has 2 aromatic heterocycles. The largest absolute Gasteiger partial charge is 0.359 e. The molecule has 1 aromatic carbocycles. The molecule has 3 aromatic rings. The zero-order valence-electron chi connectivity index (χ0n) is 19.1. The number of aromatic nitrogens is 4. The van der Waals surface area contributed by atoms with Crippen molar-refractivity contribution in [1.29, 1.82) is 0 Å². The first-order valence-corrected chi connectivity index (χ1v) is 10.7. The van der Waals surface area contributed by atoms with Crippen LogP contribution in [0.3, 0.4) is 0 Å². The van der Waals surface area contributed by atoms with Crippen LogP contribution < -0.4 is 5.32 Å². The molecule has 8 nitrogen and oxygen atoms in total. The van der Waals surface area contributed by atoms with Gasteiger partial charge in [0.1, 0.15) is 17.8 Å². The van der Waals surface area contributed by atoms with Gasteiger partial charge in [-0.15, -0.1) is 0 Å². The van der Waals surface area contributed by atoms with Crippen molar-refractivity contribution < 1.29 is 9.59 Å². The van der Waals surface area contributed by atoms with Crippen LogP contribution in [0.5, 0.6) is 0 Å². The number of benzene rings is 1. The molecular formula is C24H30N6O2. The van der Waals surface area contributed by atoms with Crippen LogP contribution in [0.25, 0.3) is 11.4 Å². The quantitative estimate of drug-likeness (QED) is 0.621. The highest BCUT2D eigenvalue weighted by Gasteiger charge is 2.26. The normalized spacial score (nSPS) is 13.2. The number of fused-ring (bicyclic) bond motifs is 1. The topological polar surface area (TPSA) is 93.0 Å². The molecular weight excluding hydrogens is 404 g/mol. The van der Waals surface area contributed by atoms with Crippen molar-refractivity contribution in [2.45, 2.75) is 40.4 Å². The second-order valence-corrected chi connectivity index (χ2v) is 8.03. The Labute approximate surface area is 188 Å². The Hall–Kier alpha value is -3.39. The number of rotatable bonds is 5. The van der Waals surface area contributed by atoms with Crippen LogP contribution in [0.1, 0.15) is 42.5 Å². The van der Waals surface area contributed by atoms with Crippen LogP contribution in [0.15, 0.2) is 49.1 Å². The number of nitrogens with one attached hydrogen (secondary N) is 1. The summed E-state index contributed by atoms with van der Waals surface area (Å²) in [4.78, 5) is 37.6. The lowest BCUT2D eigenvalue weighted by atomic mass is 10.2. The number of hydrogen-bond donors (Lipinski definition) is 1. The summed E-state index contributed by atoms with van der Waals surface area (Å²) >= 11 is 0. The highest BCUT2D eigenvalue weighted by molar-refractivity contribution is 5.94. The van der Waals surface area contributed by atoms with E-state index in [1.807, 2.05) is 56.6 Å². The van der Waals surface area contributed by atoms with Gasteiger partial charge in [-0.3, -0.25) is 14.5 Å². The lowest BCUT2D eigenvalue weighted by Crippen LogP contribution is -2.34. The van der Waals surface area contributed by atoms with Gasteiger partial charge in [-0.1, -0.05) is 44.2 Å². The van der Waals surface area contributed by atoms with Gasteiger partial charge in [0.15, 0.2) is 5.78 Å². The second-order valence-electron chi connectivity index (χ2n) is 8.03. The summed E-state index contributed by atoms with van der Waals surface area (Å²) in [6.45, 7) is 8.48. The van der Waals surface area contributed by atoms with Gasteiger partial charge in [0, 0.05) is 69.6 Å². The molecule has 1 N–H and O–H groups in total. The molecule has 0 spiro atoms. The number of carbonyl (C=O) groups is 2. The first-order valence-electron chi connectivity index (χ1n) is 10.7. The van der Waals surface area contributed by atoms with E-state index in [0.717, 1.165) is 42.3 Å². The van der Waals surface area contributed by atoms with E-state index in [9.17, 15) is 9.59 Å². The van der Waals surface area contributed by atoms with Gasteiger partial charge in [-0.2, -0.15) is 0 Å². The summed E-state index contributed by atoms with van der Waals surface area (Å²) in [6, 6.07) is 10.0. The minimum Gasteiger partial charge on any atom is -0.359 e. The molecule has 0 unspecified atom stereocenters. The molecule has 0 fully saturated rings. The molecule has 0 saturated carbocycles. The van der Waals surface area contributed by atoms with Gasteiger partial charge >= 0.3 is 0 Å². The number of nitrogens with zero attached hydrogens (tertiary/aromatic N) is 5. The van der Waals surface area contributed by atoms with Crippen LogP contribution in [0.2, 0.25) is 0 Å². The molecule has 0 radical (unpaired) electrons. The van der Waals surface area contributed by atoms with Crippen molar-refractivity contribution in [2.75, 3.05) is 13.6 Å². The molecule has 168 valence electrons. The molecule has 3 heterocycles. The number of carbonyl (C=O) groups excluding carboxylic acids is 2. The average Bonchev–Trinajstić information content (AvgIpc) is 3.19. The molecule has 0 aliphatic carbocycles. The molecule has 0 bridgehead atoms. The van der Waals surface area contributed by atoms with Crippen molar-refractivity contribution >= 4 is 11.7 Å². The summed E-state index contributed by atoms with van der Waals surface area (Å²) in [5, 5.41) is 2.53. The number of Topliss-reactive ketones (excluding diaryl/α,β-unsaturated/α-hetero) is 1. The van der Waals surface area contributed by atoms with Crippen LogP contribution in [0.4, 0.5) is 0 Å². The van der Waals surface area contributed by atoms with Gasteiger partial charge in [0.2, 0.25) is 5.91 Å². The third-order valence-corrected chi connectivity index (χ3v) is 5.24. The van der Waals surface area contributed by atoms with E-state index in [1.165, 1.54) is 6.33 Å². The van der Waals surface area contributed by atoms with E-state index in [2.05, 4.69) is 29.7 Å². The monoisotopic (exact) mass is 434 g/mol. The van der Waals surface area contributed by atoms with E-state index >= 15 is 0 Å². The van der Waals surface area contributed by atoms with Crippen molar-refractivity contribution in [3.8, 4) is 11.4 Å². The van der Waals surface area contributed by atoms with Crippen LogP contribution in [-0.4, -0.2) is 49.7 Å². The number of hydrogen-bond acceptors (Lipinski definition) is 6. The Morgan fingerprint density at radius 3 is 2.34 bits per heavy atom. The number of amides is 1.